The fraction of sp³-hybridized carbons (Fsp3) is 0.276. The summed E-state index contributed by atoms with van der Waals surface area (Å²) in [4.78, 5) is 28.7. The second kappa shape index (κ2) is 12.5. The molecule has 0 bridgehead atoms. The minimum atomic E-state index is -0.995. The van der Waals surface area contributed by atoms with Crippen LogP contribution in [0.4, 0.5) is 0 Å². The van der Waals surface area contributed by atoms with Crippen molar-refractivity contribution in [3.05, 3.63) is 90.4 Å². The van der Waals surface area contributed by atoms with Gasteiger partial charge in [-0.15, -0.1) is 5.10 Å². The second-order valence-corrected chi connectivity index (χ2v) is 8.80. The van der Waals surface area contributed by atoms with Crippen LogP contribution in [0.3, 0.4) is 0 Å². The third kappa shape index (κ3) is 6.50. The van der Waals surface area contributed by atoms with Crippen molar-refractivity contribution in [1.82, 2.24) is 20.0 Å². The van der Waals surface area contributed by atoms with Crippen LogP contribution in [0.15, 0.2) is 79.3 Å². The molecule has 2 aromatic carbocycles. The number of unbranched alkanes of at least 4 members (excludes halogenated alkanes) is 5. The molecule has 7 nitrogen and oxygen atoms in total. The number of hydrogen-bond donors (Lipinski definition) is 1. The van der Waals surface area contributed by atoms with Gasteiger partial charge in [0.1, 0.15) is 5.69 Å². The van der Waals surface area contributed by atoms with Crippen LogP contribution in [0, 0.1) is 0 Å². The largest absolute Gasteiger partial charge is 0.478 e. The number of carbonyl (C=O) groups excluding carboxylic acids is 1. The molecule has 0 fully saturated rings. The minimum Gasteiger partial charge on any atom is -0.478 e. The first-order valence-electron chi connectivity index (χ1n) is 12.4. The summed E-state index contributed by atoms with van der Waals surface area (Å²) in [6, 6.07) is 18.0. The highest BCUT2D eigenvalue weighted by Gasteiger charge is 2.17. The van der Waals surface area contributed by atoms with Gasteiger partial charge in [-0.05, 0) is 42.2 Å². The zero-order valence-electron chi connectivity index (χ0n) is 20.2. The summed E-state index contributed by atoms with van der Waals surface area (Å²) in [5.41, 5.74) is 3.85. The Bertz CT molecular complexity index is 1300. The van der Waals surface area contributed by atoms with Crippen LogP contribution in [0.1, 0.15) is 65.7 Å². The van der Waals surface area contributed by atoms with Gasteiger partial charge < -0.3 is 5.11 Å². The maximum absolute atomic E-state index is 12.9. The summed E-state index contributed by atoms with van der Waals surface area (Å²) in [5.74, 6) is -0.938. The van der Waals surface area contributed by atoms with Gasteiger partial charge in [0, 0.05) is 36.5 Å². The molecule has 36 heavy (non-hydrogen) atoms. The van der Waals surface area contributed by atoms with E-state index in [4.69, 9.17) is 0 Å². The molecule has 7 heteroatoms. The molecule has 0 aliphatic rings. The van der Waals surface area contributed by atoms with Gasteiger partial charge in [0.25, 0.3) is 0 Å². The van der Waals surface area contributed by atoms with E-state index >= 15 is 0 Å². The first kappa shape index (κ1) is 25.0. The van der Waals surface area contributed by atoms with Crippen molar-refractivity contribution in [3.63, 3.8) is 0 Å². The number of benzene rings is 2. The van der Waals surface area contributed by atoms with Crippen molar-refractivity contribution in [2.75, 3.05) is 0 Å². The highest BCUT2D eigenvalue weighted by atomic mass is 16.4. The van der Waals surface area contributed by atoms with Gasteiger partial charge in [-0.1, -0.05) is 73.4 Å². The maximum atomic E-state index is 12.9. The lowest BCUT2D eigenvalue weighted by Crippen LogP contribution is -2.05. The van der Waals surface area contributed by atoms with E-state index in [-0.39, 0.29) is 11.3 Å². The van der Waals surface area contributed by atoms with Crippen molar-refractivity contribution in [3.8, 4) is 22.4 Å². The summed E-state index contributed by atoms with van der Waals surface area (Å²) < 4.78 is 1.88. The van der Waals surface area contributed by atoms with E-state index in [9.17, 15) is 14.7 Å². The van der Waals surface area contributed by atoms with Crippen LogP contribution in [0.25, 0.3) is 22.4 Å². The SMILES string of the molecule is O=C(O)c1ccccc1-c1ccccc1C(=O)CCCCCCCCn1cc(-c2cccnc2)nn1. The van der Waals surface area contributed by atoms with E-state index in [0.717, 1.165) is 56.3 Å². The summed E-state index contributed by atoms with van der Waals surface area (Å²) >= 11 is 0. The fourth-order valence-electron chi connectivity index (χ4n) is 4.32. The number of aromatic carboxylic acids is 1. The van der Waals surface area contributed by atoms with Crippen molar-refractivity contribution < 1.29 is 14.7 Å². The molecule has 1 N–H and O–H groups in total. The van der Waals surface area contributed by atoms with E-state index in [1.54, 1.807) is 42.7 Å². The normalized spacial score (nSPS) is 10.9. The molecule has 0 aliphatic heterocycles. The smallest absolute Gasteiger partial charge is 0.336 e. The Hall–Kier alpha value is -4.13. The Labute approximate surface area is 210 Å². The zero-order valence-corrected chi connectivity index (χ0v) is 20.2. The second-order valence-electron chi connectivity index (χ2n) is 8.80. The lowest BCUT2D eigenvalue weighted by atomic mass is 9.92. The van der Waals surface area contributed by atoms with Crippen molar-refractivity contribution in [2.24, 2.45) is 0 Å². The number of Topliss-reactive ketones (excluding diaryl/α,β-unsaturated/α-hetero) is 1. The molecule has 4 aromatic rings. The number of carboxylic acids is 1. The average molecular weight is 483 g/mol. The van der Waals surface area contributed by atoms with Gasteiger partial charge in [0.2, 0.25) is 0 Å². The first-order chi connectivity index (χ1) is 17.6. The molecule has 0 aliphatic carbocycles. The highest BCUT2D eigenvalue weighted by molar-refractivity contribution is 6.05. The van der Waals surface area contributed by atoms with Crippen molar-refractivity contribution in [1.29, 1.82) is 0 Å². The molecule has 0 atom stereocenters. The van der Waals surface area contributed by atoms with Gasteiger partial charge >= 0.3 is 5.97 Å². The molecule has 0 saturated carbocycles. The average Bonchev–Trinajstić information content (AvgIpc) is 3.39. The lowest BCUT2D eigenvalue weighted by molar-refractivity contribution is 0.0697. The van der Waals surface area contributed by atoms with Crippen LogP contribution in [-0.2, 0) is 6.54 Å². The number of nitrogens with zero attached hydrogens (tertiary/aromatic N) is 4. The van der Waals surface area contributed by atoms with Crippen molar-refractivity contribution in [2.45, 2.75) is 51.5 Å². The molecule has 0 radical (unpaired) electrons. The van der Waals surface area contributed by atoms with Gasteiger partial charge in [-0.3, -0.25) is 14.5 Å². The van der Waals surface area contributed by atoms with Crippen LogP contribution >= 0.6 is 0 Å². The van der Waals surface area contributed by atoms with Crippen LogP contribution in [0.5, 0.6) is 0 Å². The molecule has 0 saturated heterocycles. The quantitative estimate of drug-likeness (QED) is 0.177. The molecular weight excluding hydrogens is 452 g/mol. The summed E-state index contributed by atoms with van der Waals surface area (Å²) in [6.07, 6.45) is 12.1. The number of ketones is 1. The van der Waals surface area contributed by atoms with Gasteiger partial charge in [-0.25, -0.2) is 4.79 Å². The van der Waals surface area contributed by atoms with E-state index in [2.05, 4.69) is 15.3 Å². The standard InChI is InChI=1S/C29H30N4O3/c34-28(25-15-8-6-13-23(25)24-14-7-9-16-26(24)29(35)36)17-5-3-1-2-4-10-19-33-21-27(31-32-33)22-12-11-18-30-20-22/h6-9,11-16,18,20-21H,1-5,10,17,19H2,(H,35,36). The number of aryl methyl sites for hydroxylation is 1. The van der Waals surface area contributed by atoms with E-state index in [1.807, 2.05) is 41.2 Å². The topological polar surface area (TPSA) is 98.0 Å². The Morgan fingerprint density at radius 1 is 0.778 bits per heavy atom. The first-order valence-corrected chi connectivity index (χ1v) is 12.4. The van der Waals surface area contributed by atoms with Gasteiger partial charge in [0.05, 0.1) is 11.8 Å². The Morgan fingerprint density at radius 3 is 2.17 bits per heavy atom. The molecule has 184 valence electrons. The van der Waals surface area contributed by atoms with Crippen molar-refractivity contribution >= 4 is 11.8 Å². The molecule has 2 heterocycles. The zero-order chi connectivity index (χ0) is 25.2. The minimum absolute atomic E-state index is 0.0568. The van der Waals surface area contributed by atoms with Gasteiger partial charge in [0.15, 0.2) is 5.78 Å². The predicted octanol–water partition coefficient (Wildman–Crippen LogP) is 6.32. The number of rotatable bonds is 13. The number of aromatic nitrogens is 4. The number of carboxylic acid groups (broad SMARTS) is 1. The maximum Gasteiger partial charge on any atom is 0.336 e. The van der Waals surface area contributed by atoms with Crippen LogP contribution in [-0.4, -0.2) is 36.8 Å². The number of hydrogen-bond acceptors (Lipinski definition) is 5. The molecule has 0 spiro atoms. The number of carbonyl (C=O) groups is 2. The monoisotopic (exact) mass is 482 g/mol. The van der Waals surface area contributed by atoms with E-state index in [1.165, 1.54) is 0 Å². The van der Waals surface area contributed by atoms with Crippen LogP contribution < -0.4 is 0 Å². The van der Waals surface area contributed by atoms with E-state index in [0.29, 0.717) is 23.1 Å². The summed E-state index contributed by atoms with van der Waals surface area (Å²) in [5, 5.41) is 18.0. The third-order valence-electron chi connectivity index (χ3n) is 6.21. The summed E-state index contributed by atoms with van der Waals surface area (Å²) in [7, 11) is 0. The molecule has 0 amide bonds. The Kier molecular flexibility index (Phi) is 8.70. The number of pyridine rings is 1. The van der Waals surface area contributed by atoms with Crippen LogP contribution in [0.2, 0.25) is 0 Å². The predicted molar refractivity (Wildman–Crippen MR) is 139 cm³/mol. The van der Waals surface area contributed by atoms with E-state index < -0.39 is 5.97 Å². The Balaban J connectivity index is 1.18. The van der Waals surface area contributed by atoms with Gasteiger partial charge in [-0.2, -0.15) is 0 Å². The molecule has 4 rings (SSSR count). The fourth-order valence-corrected chi connectivity index (χ4v) is 4.32. The third-order valence-corrected chi connectivity index (χ3v) is 6.21. The molecule has 0 unspecified atom stereocenters. The Morgan fingerprint density at radius 2 is 1.44 bits per heavy atom. The highest BCUT2D eigenvalue weighted by Crippen LogP contribution is 2.28. The molecular formula is C29H30N4O3. The summed E-state index contributed by atoms with van der Waals surface area (Å²) in [6.45, 7) is 0.834. The lowest BCUT2D eigenvalue weighted by Gasteiger charge is -2.11. The molecule has 2 aromatic heterocycles.